The van der Waals surface area contributed by atoms with Gasteiger partial charge in [0.15, 0.2) is 9.84 Å². The lowest BCUT2D eigenvalue weighted by atomic mass is 10.1. The van der Waals surface area contributed by atoms with Crippen LogP contribution in [0, 0.1) is 0 Å². The molecule has 1 aliphatic heterocycles. The average Bonchev–Trinajstić information content (AvgIpc) is 2.61. The molecule has 0 aliphatic carbocycles. The van der Waals surface area contributed by atoms with Gasteiger partial charge >= 0.3 is 0 Å². The zero-order valence-corrected chi connectivity index (χ0v) is 14.8. The summed E-state index contributed by atoms with van der Waals surface area (Å²) in [7, 11) is -2.87. The summed E-state index contributed by atoms with van der Waals surface area (Å²) in [4.78, 5) is 2.21. The molecule has 1 heterocycles. The normalized spacial score (nSPS) is 18.5. The summed E-state index contributed by atoms with van der Waals surface area (Å²) in [6.07, 6.45) is 1.81. The quantitative estimate of drug-likeness (QED) is 0.804. The first-order valence-corrected chi connectivity index (χ1v) is 10.1. The Kier molecular flexibility index (Phi) is 6.08. The molecule has 118 valence electrons. The van der Waals surface area contributed by atoms with E-state index in [0.717, 1.165) is 36.2 Å². The minimum Gasteiger partial charge on any atom is -0.370 e. The zero-order chi connectivity index (χ0) is 15.3. The molecule has 6 heteroatoms. The van der Waals surface area contributed by atoms with Gasteiger partial charge in [0.25, 0.3) is 0 Å². The first kappa shape index (κ1) is 16.8. The van der Waals surface area contributed by atoms with Gasteiger partial charge in [0.2, 0.25) is 0 Å². The second kappa shape index (κ2) is 7.61. The van der Waals surface area contributed by atoms with Gasteiger partial charge in [-0.1, -0.05) is 28.9 Å². The van der Waals surface area contributed by atoms with Crippen LogP contribution >= 0.6 is 15.9 Å². The number of nitrogens with one attached hydrogen (secondary N) is 1. The van der Waals surface area contributed by atoms with Crippen LogP contribution < -0.4 is 10.2 Å². The molecule has 0 saturated carbocycles. The molecule has 4 nitrogen and oxygen atoms in total. The molecule has 1 N–H and O–H groups in total. The summed E-state index contributed by atoms with van der Waals surface area (Å²) in [6.45, 7) is 5.34. The van der Waals surface area contributed by atoms with Gasteiger partial charge in [-0.25, -0.2) is 8.42 Å². The number of halogens is 1. The van der Waals surface area contributed by atoms with E-state index >= 15 is 0 Å². The van der Waals surface area contributed by atoms with Crippen molar-refractivity contribution in [3.05, 3.63) is 28.2 Å². The van der Waals surface area contributed by atoms with Crippen LogP contribution in [0.2, 0.25) is 0 Å². The fourth-order valence-corrected chi connectivity index (χ4v) is 4.18. The number of sulfone groups is 1. The summed E-state index contributed by atoms with van der Waals surface area (Å²) in [5.74, 6) is 0.558. The minimum atomic E-state index is -2.87. The van der Waals surface area contributed by atoms with Crippen LogP contribution in [0.25, 0.3) is 0 Å². The predicted molar refractivity (Wildman–Crippen MR) is 91.6 cm³/mol. The monoisotopic (exact) mass is 374 g/mol. The number of benzene rings is 1. The van der Waals surface area contributed by atoms with Gasteiger partial charge in [0.05, 0.1) is 11.5 Å². The van der Waals surface area contributed by atoms with Crippen molar-refractivity contribution in [2.75, 3.05) is 36.0 Å². The van der Waals surface area contributed by atoms with Crippen molar-refractivity contribution in [3.63, 3.8) is 0 Å². The van der Waals surface area contributed by atoms with Crippen LogP contribution in [0.15, 0.2) is 22.7 Å². The molecule has 0 unspecified atom stereocenters. The summed E-state index contributed by atoms with van der Waals surface area (Å²) in [5, 5.41) is 3.42. The third-order valence-electron chi connectivity index (χ3n) is 3.69. The number of hydrogen-bond acceptors (Lipinski definition) is 4. The van der Waals surface area contributed by atoms with Crippen molar-refractivity contribution in [2.24, 2.45) is 0 Å². The van der Waals surface area contributed by atoms with Crippen LogP contribution in [-0.4, -0.2) is 39.6 Å². The third-order valence-corrected chi connectivity index (χ3v) is 5.89. The molecule has 0 spiro atoms. The molecule has 1 fully saturated rings. The summed E-state index contributed by atoms with van der Waals surface area (Å²) in [5.41, 5.74) is 2.37. The standard InChI is InChI=1S/C15H23BrN2O2S/c1-2-6-17-12-13-4-5-14(16)11-15(13)18-7-3-9-21(19,20)10-8-18/h4-5,11,17H,2-3,6-10,12H2,1H3. The van der Waals surface area contributed by atoms with Crippen LogP contribution in [0.3, 0.4) is 0 Å². The van der Waals surface area contributed by atoms with Crippen LogP contribution in [0.5, 0.6) is 0 Å². The van der Waals surface area contributed by atoms with Gasteiger partial charge < -0.3 is 10.2 Å². The van der Waals surface area contributed by atoms with E-state index in [2.05, 4.69) is 45.2 Å². The largest absolute Gasteiger partial charge is 0.370 e. The van der Waals surface area contributed by atoms with E-state index in [4.69, 9.17) is 0 Å². The SMILES string of the molecule is CCCNCc1ccc(Br)cc1N1CCCS(=O)(=O)CC1. The molecule has 1 saturated heterocycles. The zero-order valence-electron chi connectivity index (χ0n) is 12.4. The van der Waals surface area contributed by atoms with Crippen molar-refractivity contribution in [1.29, 1.82) is 0 Å². The second-order valence-corrected chi connectivity index (χ2v) is 8.66. The summed E-state index contributed by atoms with van der Waals surface area (Å²) >= 11 is 3.52. The minimum absolute atomic E-state index is 0.251. The van der Waals surface area contributed by atoms with E-state index in [9.17, 15) is 8.42 Å². The average molecular weight is 375 g/mol. The van der Waals surface area contributed by atoms with Crippen LogP contribution in [0.1, 0.15) is 25.3 Å². The number of rotatable bonds is 5. The highest BCUT2D eigenvalue weighted by Gasteiger charge is 2.20. The van der Waals surface area contributed by atoms with Gasteiger partial charge in [0.1, 0.15) is 0 Å². The molecule has 0 aromatic heterocycles. The second-order valence-electron chi connectivity index (χ2n) is 5.44. The first-order valence-electron chi connectivity index (χ1n) is 7.46. The van der Waals surface area contributed by atoms with E-state index in [-0.39, 0.29) is 5.75 Å². The van der Waals surface area contributed by atoms with E-state index in [0.29, 0.717) is 18.7 Å². The number of hydrogen-bond donors (Lipinski definition) is 1. The molecule has 0 radical (unpaired) electrons. The maximum Gasteiger partial charge on any atom is 0.152 e. The lowest BCUT2D eigenvalue weighted by Crippen LogP contribution is -2.28. The predicted octanol–water partition coefficient (Wildman–Crippen LogP) is 2.57. The highest BCUT2D eigenvalue weighted by Crippen LogP contribution is 2.26. The molecule has 1 aromatic carbocycles. The Labute approximate surface area is 136 Å². The Morgan fingerprint density at radius 2 is 2.10 bits per heavy atom. The van der Waals surface area contributed by atoms with Gasteiger partial charge in [0, 0.05) is 29.8 Å². The Hall–Kier alpha value is -0.590. The van der Waals surface area contributed by atoms with Gasteiger partial charge in [-0.3, -0.25) is 0 Å². The molecule has 0 atom stereocenters. The molecular formula is C15H23BrN2O2S. The van der Waals surface area contributed by atoms with Crippen molar-refractivity contribution in [1.82, 2.24) is 5.32 Å². The van der Waals surface area contributed by atoms with Crippen molar-refractivity contribution >= 4 is 31.5 Å². The third kappa shape index (κ3) is 4.97. The summed E-state index contributed by atoms with van der Waals surface area (Å²) < 4.78 is 24.6. The molecule has 0 bridgehead atoms. The van der Waals surface area contributed by atoms with Gasteiger partial charge in [-0.15, -0.1) is 0 Å². The highest BCUT2D eigenvalue weighted by molar-refractivity contribution is 9.10. The Morgan fingerprint density at radius 1 is 1.29 bits per heavy atom. The van der Waals surface area contributed by atoms with E-state index in [1.807, 2.05) is 6.07 Å². The van der Waals surface area contributed by atoms with E-state index in [1.54, 1.807) is 0 Å². The maximum absolute atomic E-state index is 11.8. The fraction of sp³-hybridized carbons (Fsp3) is 0.600. The van der Waals surface area contributed by atoms with Crippen molar-refractivity contribution < 1.29 is 8.42 Å². The Bertz CT molecular complexity index is 575. The lowest BCUT2D eigenvalue weighted by Gasteiger charge is -2.25. The molecule has 1 aromatic rings. The smallest absolute Gasteiger partial charge is 0.152 e. The molecular weight excluding hydrogens is 352 g/mol. The van der Waals surface area contributed by atoms with Crippen LogP contribution in [-0.2, 0) is 16.4 Å². The highest BCUT2D eigenvalue weighted by atomic mass is 79.9. The Balaban J connectivity index is 2.18. The first-order chi connectivity index (χ1) is 10.0. The Morgan fingerprint density at radius 3 is 2.86 bits per heavy atom. The van der Waals surface area contributed by atoms with E-state index in [1.165, 1.54) is 5.56 Å². The van der Waals surface area contributed by atoms with Crippen molar-refractivity contribution in [3.8, 4) is 0 Å². The van der Waals surface area contributed by atoms with Crippen LogP contribution in [0.4, 0.5) is 5.69 Å². The number of nitrogens with zero attached hydrogens (tertiary/aromatic N) is 1. The number of anilines is 1. The fourth-order valence-electron chi connectivity index (χ4n) is 2.56. The van der Waals surface area contributed by atoms with Gasteiger partial charge in [-0.05, 0) is 37.1 Å². The molecule has 21 heavy (non-hydrogen) atoms. The molecule has 1 aliphatic rings. The topological polar surface area (TPSA) is 49.4 Å². The van der Waals surface area contributed by atoms with E-state index < -0.39 is 9.84 Å². The summed E-state index contributed by atoms with van der Waals surface area (Å²) in [6, 6.07) is 6.25. The maximum atomic E-state index is 11.8. The molecule has 0 amide bonds. The van der Waals surface area contributed by atoms with Crippen molar-refractivity contribution in [2.45, 2.75) is 26.3 Å². The molecule has 2 rings (SSSR count). The lowest BCUT2D eigenvalue weighted by molar-refractivity contribution is 0.597. The van der Waals surface area contributed by atoms with Gasteiger partial charge in [-0.2, -0.15) is 0 Å².